The van der Waals surface area contributed by atoms with Gasteiger partial charge in [-0.2, -0.15) is 0 Å². The zero-order chi connectivity index (χ0) is 14.4. The van der Waals surface area contributed by atoms with Crippen LogP contribution in [0.1, 0.15) is 11.1 Å². The predicted octanol–water partition coefficient (Wildman–Crippen LogP) is 4.11. The van der Waals surface area contributed by atoms with E-state index in [9.17, 15) is 15.3 Å². The Hall–Kier alpha value is -2.11. The van der Waals surface area contributed by atoms with Crippen molar-refractivity contribution in [3.63, 3.8) is 0 Å². The lowest BCUT2D eigenvalue weighted by atomic mass is 10.0. The van der Waals surface area contributed by atoms with Crippen molar-refractivity contribution in [1.29, 1.82) is 0 Å². The summed E-state index contributed by atoms with van der Waals surface area (Å²) in [6.07, 6.45) is 0. The van der Waals surface area contributed by atoms with Crippen molar-refractivity contribution in [1.82, 2.24) is 0 Å². The molecule has 0 unspecified atom stereocenters. The molecule has 100 valence electrons. The van der Waals surface area contributed by atoms with Crippen molar-refractivity contribution in [3.05, 3.63) is 61.6 Å². The van der Waals surface area contributed by atoms with Gasteiger partial charge in [0.25, 0.3) is 5.69 Å². The molecule has 0 radical (unpaired) electrons. The summed E-state index contributed by atoms with van der Waals surface area (Å²) in [5.41, 5.74) is 2.04. The molecule has 5 nitrogen and oxygen atoms in total. The average Bonchev–Trinajstić information content (AvgIpc) is 2.69. The van der Waals surface area contributed by atoms with Gasteiger partial charge in [0, 0.05) is 27.2 Å². The molecular formula is C13H6Cl2N2O3. The van der Waals surface area contributed by atoms with Crippen molar-refractivity contribution in [2.75, 3.05) is 0 Å². The van der Waals surface area contributed by atoms with E-state index in [4.69, 9.17) is 23.2 Å². The van der Waals surface area contributed by atoms with E-state index in [0.717, 1.165) is 0 Å². The SMILES string of the molecule is O=[N+]([O-])c1cc(Cl)cc2c1-c1ccc(Cl)cc1/C2=N/O. The molecule has 20 heavy (non-hydrogen) atoms. The molecule has 0 heterocycles. The third-order valence-corrected chi connectivity index (χ3v) is 3.59. The smallest absolute Gasteiger partial charge is 0.279 e. The van der Waals surface area contributed by atoms with Gasteiger partial charge < -0.3 is 5.21 Å². The maximum Gasteiger partial charge on any atom is 0.279 e. The van der Waals surface area contributed by atoms with Crippen molar-refractivity contribution in [3.8, 4) is 11.1 Å². The van der Waals surface area contributed by atoms with Crippen LogP contribution in [0.2, 0.25) is 10.0 Å². The van der Waals surface area contributed by atoms with Crippen LogP contribution in [0.5, 0.6) is 0 Å². The number of nitro groups is 1. The third-order valence-electron chi connectivity index (χ3n) is 3.14. The van der Waals surface area contributed by atoms with Crippen molar-refractivity contribution < 1.29 is 10.1 Å². The first-order chi connectivity index (χ1) is 9.52. The number of hydrogen-bond donors (Lipinski definition) is 1. The molecule has 0 spiro atoms. The summed E-state index contributed by atoms with van der Waals surface area (Å²) in [6, 6.07) is 7.70. The molecule has 2 aromatic carbocycles. The highest BCUT2D eigenvalue weighted by molar-refractivity contribution is 6.35. The second kappa shape index (κ2) is 4.47. The summed E-state index contributed by atoms with van der Waals surface area (Å²) in [5, 5.41) is 24.3. The van der Waals surface area contributed by atoms with Crippen molar-refractivity contribution in [2.45, 2.75) is 0 Å². The molecule has 3 rings (SSSR count). The molecule has 0 aliphatic heterocycles. The largest absolute Gasteiger partial charge is 0.410 e. The maximum atomic E-state index is 11.2. The number of nitro benzene ring substituents is 1. The number of rotatable bonds is 1. The van der Waals surface area contributed by atoms with E-state index in [-0.39, 0.29) is 16.4 Å². The van der Waals surface area contributed by atoms with Crippen LogP contribution >= 0.6 is 23.2 Å². The van der Waals surface area contributed by atoms with Gasteiger partial charge in [-0.3, -0.25) is 10.1 Å². The summed E-state index contributed by atoms with van der Waals surface area (Å²) >= 11 is 11.8. The Morgan fingerprint density at radius 3 is 2.40 bits per heavy atom. The molecule has 0 aromatic heterocycles. The standard InChI is InChI=1S/C13H6Cl2N2O3/c14-6-1-2-8-9(3-6)13(16-18)10-4-7(15)5-11(12(8)10)17(19)20/h1-5,18H/b16-13-. The topological polar surface area (TPSA) is 75.7 Å². The second-order valence-corrected chi connectivity index (χ2v) is 5.12. The fourth-order valence-electron chi connectivity index (χ4n) is 2.39. The zero-order valence-electron chi connectivity index (χ0n) is 9.80. The minimum absolute atomic E-state index is 0.130. The van der Waals surface area contributed by atoms with Crippen molar-refractivity contribution >= 4 is 34.6 Å². The molecule has 2 aromatic rings. The van der Waals surface area contributed by atoms with Crippen LogP contribution in [0.3, 0.4) is 0 Å². The summed E-state index contributed by atoms with van der Waals surface area (Å²) < 4.78 is 0. The van der Waals surface area contributed by atoms with Gasteiger partial charge >= 0.3 is 0 Å². The van der Waals surface area contributed by atoms with E-state index in [1.54, 1.807) is 18.2 Å². The lowest BCUT2D eigenvalue weighted by molar-refractivity contribution is -0.384. The van der Waals surface area contributed by atoms with Crippen LogP contribution in [0.25, 0.3) is 11.1 Å². The van der Waals surface area contributed by atoms with Crippen LogP contribution < -0.4 is 0 Å². The number of hydrogen-bond acceptors (Lipinski definition) is 4. The monoisotopic (exact) mass is 308 g/mol. The number of halogens is 2. The van der Waals surface area contributed by atoms with E-state index in [1.807, 2.05) is 0 Å². The highest BCUT2D eigenvalue weighted by atomic mass is 35.5. The fraction of sp³-hybridized carbons (Fsp3) is 0. The highest BCUT2D eigenvalue weighted by Gasteiger charge is 2.33. The number of benzene rings is 2. The molecule has 0 atom stereocenters. The first-order valence-corrected chi connectivity index (χ1v) is 6.29. The van der Waals surface area contributed by atoms with Gasteiger partial charge in [-0.1, -0.05) is 34.4 Å². The van der Waals surface area contributed by atoms with Gasteiger partial charge in [-0.15, -0.1) is 0 Å². The quantitative estimate of drug-likeness (QED) is 0.417. The van der Waals surface area contributed by atoms with Gasteiger partial charge in [0.2, 0.25) is 0 Å². The molecule has 7 heteroatoms. The van der Waals surface area contributed by atoms with Crippen molar-refractivity contribution in [2.24, 2.45) is 5.16 Å². The van der Waals surface area contributed by atoms with E-state index in [1.165, 1.54) is 12.1 Å². The van der Waals surface area contributed by atoms with Gasteiger partial charge in [0.1, 0.15) is 5.71 Å². The fourth-order valence-corrected chi connectivity index (χ4v) is 2.77. The maximum absolute atomic E-state index is 11.2. The molecule has 0 bridgehead atoms. The Kier molecular flexibility index (Phi) is 2.88. The first kappa shape index (κ1) is 12.9. The lowest BCUT2D eigenvalue weighted by Gasteiger charge is -2.02. The first-order valence-electron chi connectivity index (χ1n) is 5.53. The minimum atomic E-state index is -0.511. The molecule has 0 amide bonds. The average molecular weight is 309 g/mol. The van der Waals surface area contributed by atoms with Crippen LogP contribution in [-0.4, -0.2) is 15.8 Å². The number of nitrogens with zero attached hydrogens (tertiary/aromatic N) is 2. The highest BCUT2D eigenvalue weighted by Crippen LogP contribution is 2.44. The van der Waals surface area contributed by atoms with Gasteiger partial charge in [0.05, 0.1) is 10.5 Å². The molecular weight excluding hydrogens is 303 g/mol. The van der Waals surface area contributed by atoms with Gasteiger partial charge in [-0.05, 0) is 23.8 Å². The Morgan fingerprint density at radius 2 is 1.75 bits per heavy atom. The molecule has 1 aliphatic rings. The Balaban J connectivity index is 2.44. The molecule has 0 saturated carbocycles. The lowest BCUT2D eigenvalue weighted by Crippen LogP contribution is -1.99. The van der Waals surface area contributed by atoms with E-state index < -0.39 is 4.92 Å². The van der Waals surface area contributed by atoms with E-state index in [0.29, 0.717) is 27.3 Å². The van der Waals surface area contributed by atoms with E-state index >= 15 is 0 Å². The summed E-state index contributed by atoms with van der Waals surface area (Å²) in [7, 11) is 0. The Labute approximate surface area is 123 Å². The molecule has 1 aliphatic carbocycles. The zero-order valence-corrected chi connectivity index (χ0v) is 11.3. The normalized spacial score (nSPS) is 14.2. The van der Waals surface area contributed by atoms with Crippen LogP contribution in [-0.2, 0) is 0 Å². The molecule has 0 saturated heterocycles. The predicted molar refractivity (Wildman–Crippen MR) is 76.0 cm³/mol. The van der Waals surface area contributed by atoms with Crippen LogP contribution in [0, 0.1) is 10.1 Å². The summed E-state index contributed by atoms with van der Waals surface area (Å²) in [4.78, 5) is 10.7. The summed E-state index contributed by atoms with van der Waals surface area (Å²) in [6.45, 7) is 0. The molecule has 1 N–H and O–H groups in total. The Morgan fingerprint density at radius 1 is 1.05 bits per heavy atom. The minimum Gasteiger partial charge on any atom is -0.410 e. The number of fused-ring (bicyclic) bond motifs is 3. The van der Waals surface area contributed by atoms with Crippen LogP contribution in [0.15, 0.2) is 35.5 Å². The number of oxime groups is 1. The van der Waals surface area contributed by atoms with Gasteiger partial charge in [0.15, 0.2) is 0 Å². The Bertz CT molecular complexity index is 787. The van der Waals surface area contributed by atoms with E-state index in [2.05, 4.69) is 5.16 Å². The van der Waals surface area contributed by atoms with Crippen LogP contribution in [0.4, 0.5) is 5.69 Å². The second-order valence-electron chi connectivity index (χ2n) is 4.24. The third kappa shape index (κ3) is 1.75. The van der Waals surface area contributed by atoms with Gasteiger partial charge in [-0.25, -0.2) is 0 Å². The molecule has 0 fully saturated rings. The summed E-state index contributed by atoms with van der Waals surface area (Å²) in [5.74, 6) is 0.